The Labute approximate surface area is 162 Å². The Bertz CT molecular complexity index is 1380. The first-order valence-electron chi connectivity index (χ1n) is 9.47. The average Bonchev–Trinajstić information content (AvgIpc) is 3.19. The first-order valence-corrected chi connectivity index (χ1v) is 9.47. The molecule has 2 aromatic heterocycles. The molecule has 2 heterocycles. The quantitative estimate of drug-likeness (QED) is 0.408. The highest BCUT2D eigenvalue weighted by Crippen LogP contribution is 2.52. The van der Waals surface area contributed by atoms with Crippen LogP contribution in [0.15, 0.2) is 73.3 Å². The van der Waals surface area contributed by atoms with E-state index in [0.717, 1.165) is 11.0 Å². The molecule has 0 spiro atoms. The summed E-state index contributed by atoms with van der Waals surface area (Å²) >= 11 is 0. The summed E-state index contributed by atoms with van der Waals surface area (Å²) < 4.78 is 2.14. The zero-order chi connectivity index (χ0) is 18.9. The minimum atomic E-state index is -0.0699. The summed E-state index contributed by atoms with van der Waals surface area (Å²) in [6.07, 6.45) is 3.10. The van der Waals surface area contributed by atoms with Crippen LogP contribution >= 0.6 is 0 Å². The van der Waals surface area contributed by atoms with E-state index >= 15 is 0 Å². The molecule has 0 saturated carbocycles. The van der Waals surface area contributed by atoms with Gasteiger partial charge in [0.15, 0.2) is 0 Å². The van der Waals surface area contributed by atoms with Crippen LogP contribution in [0.4, 0.5) is 0 Å². The summed E-state index contributed by atoms with van der Waals surface area (Å²) in [6, 6.07) is 21.7. The minimum Gasteiger partial charge on any atom is -0.278 e. The zero-order valence-corrected chi connectivity index (χ0v) is 15.7. The second-order valence-corrected chi connectivity index (χ2v) is 7.84. The fourth-order valence-electron chi connectivity index (χ4n) is 4.90. The van der Waals surface area contributed by atoms with Crippen LogP contribution in [0.25, 0.3) is 38.9 Å². The van der Waals surface area contributed by atoms with Crippen LogP contribution in [-0.4, -0.2) is 19.5 Å². The summed E-state index contributed by atoms with van der Waals surface area (Å²) in [6.45, 7) is 4.65. The molecule has 6 rings (SSSR count). The Morgan fingerprint density at radius 1 is 0.750 bits per heavy atom. The van der Waals surface area contributed by atoms with Crippen molar-refractivity contribution in [1.29, 1.82) is 0 Å². The van der Waals surface area contributed by atoms with Gasteiger partial charge >= 0.3 is 0 Å². The Morgan fingerprint density at radius 3 is 2.36 bits per heavy atom. The summed E-state index contributed by atoms with van der Waals surface area (Å²) in [5.41, 5.74) is 7.60. The molecule has 0 radical (unpaired) electrons. The monoisotopic (exact) mass is 362 g/mol. The third-order valence-corrected chi connectivity index (χ3v) is 6.03. The van der Waals surface area contributed by atoms with E-state index < -0.39 is 0 Å². The van der Waals surface area contributed by atoms with E-state index in [9.17, 15) is 0 Å². The van der Waals surface area contributed by atoms with Crippen LogP contribution in [0.3, 0.4) is 0 Å². The highest BCUT2D eigenvalue weighted by Gasteiger charge is 2.37. The van der Waals surface area contributed by atoms with Crippen LogP contribution in [0.2, 0.25) is 0 Å². The number of para-hydroxylation sites is 1. The lowest BCUT2D eigenvalue weighted by Gasteiger charge is -2.22. The van der Waals surface area contributed by atoms with Gasteiger partial charge in [0, 0.05) is 16.2 Å². The third-order valence-electron chi connectivity index (χ3n) is 6.03. The average molecular weight is 362 g/mol. The van der Waals surface area contributed by atoms with Crippen molar-refractivity contribution in [2.45, 2.75) is 19.3 Å². The number of hydrogen-bond acceptors (Lipinski definition) is 3. The molecule has 0 aliphatic heterocycles. The highest BCUT2D eigenvalue weighted by atomic mass is 15.2. The maximum absolute atomic E-state index is 4.43. The van der Waals surface area contributed by atoms with Crippen molar-refractivity contribution in [2.75, 3.05) is 0 Å². The maximum atomic E-state index is 4.43. The van der Waals surface area contributed by atoms with Gasteiger partial charge in [-0.2, -0.15) is 0 Å². The van der Waals surface area contributed by atoms with Gasteiger partial charge in [0.1, 0.15) is 12.7 Å². The lowest BCUT2D eigenvalue weighted by atomic mass is 9.80. The Morgan fingerprint density at radius 2 is 1.50 bits per heavy atom. The van der Waals surface area contributed by atoms with Crippen molar-refractivity contribution in [3.63, 3.8) is 0 Å². The summed E-state index contributed by atoms with van der Waals surface area (Å²) in [7, 11) is 0. The van der Waals surface area contributed by atoms with Gasteiger partial charge in [-0.3, -0.25) is 4.57 Å². The second kappa shape index (κ2) is 5.26. The van der Waals surface area contributed by atoms with Crippen molar-refractivity contribution >= 4 is 21.8 Å². The van der Waals surface area contributed by atoms with Crippen molar-refractivity contribution in [1.82, 2.24) is 19.5 Å². The lowest BCUT2D eigenvalue weighted by Crippen LogP contribution is -2.15. The number of aromatic nitrogens is 4. The van der Waals surface area contributed by atoms with Gasteiger partial charge in [-0.15, -0.1) is 0 Å². The SMILES string of the molecule is CC1(C)c2ccccc2-c2ccc3c(c21)c1ccccc1n3-c1ncncn1. The standard InChI is InChI=1S/C24H18N4/c1-24(2)18-9-5-3-7-15(18)16-11-12-20-21(22(16)24)17-8-4-6-10-19(17)28(20)23-26-13-25-14-27-23/h3-14H,1-2H3. The molecule has 3 aromatic carbocycles. The molecule has 0 saturated heterocycles. The predicted molar refractivity (Wildman–Crippen MR) is 112 cm³/mol. The number of rotatable bonds is 1. The first-order chi connectivity index (χ1) is 13.7. The number of nitrogens with zero attached hydrogens (tertiary/aromatic N) is 4. The number of fused-ring (bicyclic) bond motifs is 7. The maximum Gasteiger partial charge on any atom is 0.237 e. The topological polar surface area (TPSA) is 43.6 Å². The van der Waals surface area contributed by atoms with E-state index in [0.29, 0.717) is 5.95 Å². The molecule has 0 amide bonds. The van der Waals surface area contributed by atoms with E-state index in [-0.39, 0.29) is 5.41 Å². The molecular weight excluding hydrogens is 344 g/mol. The Hall–Kier alpha value is -3.53. The summed E-state index contributed by atoms with van der Waals surface area (Å²) in [4.78, 5) is 12.9. The van der Waals surface area contributed by atoms with Crippen LogP contribution in [0, 0.1) is 0 Å². The zero-order valence-electron chi connectivity index (χ0n) is 15.7. The Kier molecular flexibility index (Phi) is 2.91. The second-order valence-electron chi connectivity index (χ2n) is 7.84. The molecule has 28 heavy (non-hydrogen) atoms. The minimum absolute atomic E-state index is 0.0699. The molecule has 134 valence electrons. The van der Waals surface area contributed by atoms with Crippen LogP contribution < -0.4 is 0 Å². The molecular formula is C24H18N4. The van der Waals surface area contributed by atoms with Gasteiger partial charge in [-0.25, -0.2) is 15.0 Å². The van der Waals surface area contributed by atoms with E-state index in [1.165, 1.54) is 33.0 Å². The lowest BCUT2D eigenvalue weighted by molar-refractivity contribution is 0.666. The van der Waals surface area contributed by atoms with Gasteiger partial charge in [0.05, 0.1) is 11.0 Å². The predicted octanol–water partition coefficient (Wildman–Crippen LogP) is 5.28. The van der Waals surface area contributed by atoms with Gasteiger partial charge in [0.25, 0.3) is 0 Å². The van der Waals surface area contributed by atoms with Gasteiger partial charge < -0.3 is 0 Å². The first kappa shape index (κ1) is 15.5. The highest BCUT2D eigenvalue weighted by molar-refractivity contribution is 6.14. The third kappa shape index (κ3) is 1.82. The van der Waals surface area contributed by atoms with E-state index in [1.807, 2.05) is 0 Å². The summed E-state index contributed by atoms with van der Waals surface area (Å²) in [5.74, 6) is 0.648. The normalized spacial score (nSPS) is 14.4. The van der Waals surface area contributed by atoms with Crippen molar-refractivity contribution < 1.29 is 0 Å². The van der Waals surface area contributed by atoms with Crippen molar-refractivity contribution in [3.8, 4) is 17.1 Å². The van der Waals surface area contributed by atoms with Gasteiger partial charge in [0.2, 0.25) is 5.95 Å². The van der Waals surface area contributed by atoms with E-state index in [2.05, 4.69) is 94.0 Å². The van der Waals surface area contributed by atoms with Gasteiger partial charge in [-0.05, 0) is 34.4 Å². The van der Waals surface area contributed by atoms with E-state index in [1.54, 1.807) is 12.7 Å². The number of hydrogen-bond donors (Lipinski definition) is 0. The smallest absolute Gasteiger partial charge is 0.237 e. The molecule has 0 bridgehead atoms. The fraction of sp³-hybridized carbons (Fsp3) is 0.125. The van der Waals surface area contributed by atoms with Crippen LogP contribution in [0.5, 0.6) is 0 Å². The molecule has 0 atom stereocenters. The molecule has 4 nitrogen and oxygen atoms in total. The molecule has 0 unspecified atom stereocenters. The Balaban J connectivity index is 1.83. The molecule has 1 aliphatic rings. The van der Waals surface area contributed by atoms with Crippen molar-refractivity contribution in [2.24, 2.45) is 0 Å². The molecule has 1 aliphatic carbocycles. The van der Waals surface area contributed by atoms with E-state index in [4.69, 9.17) is 0 Å². The molecule has 0 fully saturated rings. The van der Waals surface area contributed by atoms with Crippen LogP contribution in [0.1, 0.15) is 25.0 Å². The van der Waals surface area contributed by atoms with Gasteiger partial charge in [-0.1, -0.05) is 62.4 Å². The fourth-order valence-corrected chi connectivity index (χ4v) is 4.90. The molecule has 4 heteroatoms. The molecule has 5 aromatic rings. The van der Waals surface area contributed by atoms with Crippen LogP contribution in [-0.2, 0) is 5.41 Å². The largest absolute Gasteiger partial charge is 0.278 e. The van der Waals surface area contributed by atoms with Crippen molar-refractivity contribution in [3.05, 3.63) is 84.4 Å². The summed E-state index contributed by atoms with van der Waals surface area (Å²) in [5, 5.41) is 2.52. The number of benzene rings is 3. The molecule has 0 N–H and O–H groups in total.